The average Bonchev–Trinajstić information content (AvgIpc) is 2.90. The van der Waals surface area contributed by atoms with Crippen LogP contribution in [0.4, 0.5) is 10.1 Å². The molecule has 0 saturated heterocycles. The van der Waals surface area contributed by atoms with Crippen molar-refractivity contribution in [2.45, 2.75) is 52.0 Å². The lowest BCUT2D eigenvalue weighted by atomic mass is 9.89. The molecule has 1 atom stereocenters. The number of halogens is 2. The van der Waals surface area contributed by atoms with Gasteiger partial charge in [0.1, 0.15) is 5.82 Å². The number of likely N-dealkylation sites (N-methyl/N-ethyl adjacent to an activating group) is 1. The highest BCUT2D eigenvalue weighted by molar-refractivity contribution is 6.31. The van der Waals surface area contributed by atoms with E-state index < -0.39 is 0 Å². The number of rotatable bonds is 5. The molecular weight excluding hydrogens is 431 g/mol. The molecule has 1 aliphatic heterocycles. The summed E-state index contributed by atoms with van der Waals surface area (Å²) in [5, 5.41) is 0.669. The van der Waals surface area contributed by atoms with Crippen molar-refractivity contribution in [1.82, 2.24) is 0 Å². The molecule has 4 rings (SSSR count). The zero-order valence-electron chi connectivity index (χ0n) is 20.1. The minimum absolute atomic E-state index is 0.0566. The maximum absolute atomic E-state index is 13.7. The van der Waals surface area contributed by atoms with E-state index in [1.165, 1.54) is 28.8 Å². The van der Waals surface area contributed by atoms with Gasteiger partial charge in [-0.3, -0.25) is 4.99 Å². The second kappa shape index (κ2) is 9.69. The van der Waals surface area contributed by atoms with Gasteiger partial charge in [-0.2, -0.15) is 0 Å². The summed E-state index contributed by atoms with van der Waals surface area (Å²) in [5.74, 6) is 0.674. The topological polar surface area (TPSA) is 15.6 Å². The summed E-state index contributed by atoms with van der Waals surface area (Å²) in [7, 11) is 2.11. The molecule has 0 fully saturated rings. The first-order chi connectivity index (χ1) is 15.7. The average molecular weight is 463 g/mol. The zero-order chi connectivity index (χ0) is 23.7. The fraction of sp³-hybridized carbons (Fsp3) is 0.345. The van der Waals surface area contributed by atoms with Crippen molar-refractivity contribution < 1.29 is 4.39 Å². The van der Waals surface area contributed by atoms with Gasteiger partial charge < -0.3 is 4.90 Å². The van der Waals surface area contributed by atoms with Crippen LogP contribution in [-0.4, -0.2) is 25.3 Å². The molecule has 172 valence electrons. The van der Waals surface area contributed by atoms with Gasteiger partial charge in [0, 0.05) is 35.4 Å². The molecule has 0 amide bonds. The summed E-state index contributed by atoms with van der Waals surface area (Å²) in [5.41, 5.74) is 7.94. The number of fused-ring (bicyclic) bond motifs is 1. The van der Waals surface area contributed by atoms with E-state index in [4.69, 9.17) is 16.6 Å². The van der Waals surface area contributed by atoms with Crippen LogP contribution in [0.3, 0.4) is 0 Å². The lowest BCUT2D eigenvalue weighted by molar-refractivity contribution is 0.627. The van der Waals surface area contributed by atoms with E-state index in [1.807, 2.05) is 12.1 Å². The van der Waals surface area contributed by atoms with Gasteiger partial charge in [-0.05, 0) is 77.4 Å². The van der Waals surface area contributed by atoms with E-state index in [1.54, 1.807) is 12.1 Å². The fourth-order valence-corrected chi connectivity index (χ4v) is 4.84. The highest BCUT2D eigenvalue weighted by atomic mass is 35.5. The van der Waals surface area contributed by atoms with Crippen molar-refractivity contribution in [1.29, 1.82) is 0 Å². The van der Waals surface area contributed by atoms with Gasteiger partial charge in [-0.1, -0.05) is 57.5 Å². The zero-order valence-corrected chi connectivity index (χ0v) is 20.8. The number of benzene rings is 3. The van der Waals surface area contributed by atoms with Crippen molar-refractivity contribution in [3.8, 4) is 0 Å². The van der Waals surface area contributed by atoms with Crippen LogP contribution in [0.2, 0.25) is 5.02 Å². The quantitative estimate of drug-likeness (QED) is 0.380. The van der Waals surface area contributed by atoms with E-state index >= 15 is 0 Å². The van der Waals surface area contributed by atoms with Crippen LogP contribution in [0.5, 0.6) is 0 Å². The number of anilines is 1. The van der Waals surface area contributed by atoms with Crippen LogP contribution >= 0.6 is 11.6 Å². The van der Waals surface area contributed by atoms with Crippen molar-refractivity contribution >= 4 is 23.0 Å². The predicted octanol–water partition coefficient (Wildman–Crippen LogP) is 7.62. The fourth-order valence-electron chi connectivity index (χ4n) is 4.66. The Labute approximate surface area is 202 Å². The highest BCUT2D eigenvalue weighted by Crippen LogP contribution is 2.32. The Morgan fingerprint density at radius 1 is 0.970 bits per heavy atom. The first kappa shape index (κ1) is 23.5. The first-order valence-electron chi connectivity index (χ1n) is 11.7. The van der Waals surface area contributed by atoms with E-state index in [0.29, 0.717) is 16.9 Å². The van der Waals surface area contributed by atoms with Gasteiger partial charge in [0.15, 0.2) is 0 Å². The third kappa shape index (κ3) is 5.14. The number of aliphatic imine (C=N–C) groups is 1. The van der Waals surface area contributed by atoms with Crippen molar-refractivity contribution in [2.24, 2.45) is 4.99 Å². The third-order valence-electron chi connectivity index (χ3n) is 6.45. The summed E-state index contributed by atoms with van der Waals surface area (Å²) in [6, 6.07) is 19.5. The van der Waals surface area contributed by atoms with Crippen LogP contribution in [0, 0.1) is 5.82 Å². The normalized spacial score (nSPS) is 16.1. The van der Waals surface area contributed by atoms with Crippen LogP contribution in [0.1, 0.15) is 67.3 Å². The molecule has 0 aromatic heterocycles. The Bertz CT molecular complexity index is 1160. The summed E-state index contributed by atoms with van der Waals surface area (Å²) >= 11 is 6.39. The van der Waals surface area contributed by atoms with Gasteiger partial charge in [-0.25, -0.2) is 4.39 Å². The lowest BCUT2D eigenvalue weighted by Gasteiger charge is -2.24. The van der Waals surface area contributed by atoms with E-state index in [-0.39, 0.29) is 11.9 Å². The van der Waals surface area contributed by atoms with Crippen LogP contribution in [0.25, 0.3) is 0 Å². The Kier molecular flexibility index (Phi) is 6.90. The molecule has 0 aliphatic carbocycles. The summed E-state index contributed by atoms with van der Waals surface area (Å²) in [4.78, 5) is 7.53. The predicted molar refractivity (Wildman–Crippen MR) is 139 cm³/mol. The van der Waals surface area contributed by atoms with Gasteiger partial charge in [0.25, 0.3) is 0 Å². The Balaban J connectivity index is 1.82. The lowest BCUT2D eigenvalue weighted by Crippen LogP contribution is -2.28. The van der Waals surface area contributed by atoms with Crippen LogP contribution in [0.15, 0.2) is 65.7 Å². The molecular formula is C29H32ClFN2. The smallest absolute Gasteiger partial charge is 0.123 e. The summed E-state index contributed by atoms with van der Waals surface area (Å²) in [6.07, 6.45) is 0.852. The summed E-state index contributed by atoms with van der Waals surface area (Å²) < 4.78 is 13.7. The van der Waals surface area contributed by atoms with Crippen molar-refractivity contribution in [3.63, 3.8) is 0 Å². The number of benzodiazepines with no additional fused rings is 1. The Morgan fingerprint density at radius 3 is 2.36 bits per heavy atom. The molecule has 0 saturated carbocycles. The van der Waals surface area contributed by atoms with E-state index in [9.17, 15) is 4.39 Å². The molecule has 0 N–H and O–H groups in total. The third-order valence-corrected chi connectivity index (χ3v) is 6.69. The Morgan fingerprint density at radius 2 is 1.70 bits per heavy atom. The Hall–Kier alpha value is -2.65. The molecule has 1 heterocycles. The van der Waals surface area contributed by atoms with Gasteiger partial charge >= 0.3 is 0 Å². The standard InChI is InChI=1S/C29H32ClFN2/c1-18(2)21-8-12-26(19(3)4)22(14-21)15-25-17-33(5)28-13-9-23(30)16-27(28)29(32-25)20-6-10-24(31)11-7-20/h6-14,16,18-19,25H,15,17H2,1-5H3. The second-order valence-electron chi connectivity index (χ2n) is 9.65. The maximum Gasteiger partial charge on any atom is 0.123 e. The number of hydrogen-bond acceptors (Lipinski definition) is 2. The minimum Gasteiger partial charge on any atom is -0.372 e. The monoisotopic (exact) mass is 462 g/mol. The number of hydrogen-bond donors (Lipinski definition) is 0. The molecule has 33 heavy (non-hydrogen) atoms. The highest BCUT2D eigenvalue weighted by Gasteiger charge is 2.24. The maximum atomic E-state index is 13.7. The van der Waals surface area contributed by atoms with Gasteiger partial charge in [-0.15, -0.1) is 0 Å². The second-order valence-corrected chi connectivity index (χ2v) is 10.1. The molecule has 1 aliphatic rings. The molecule has 3 aromatic carbocycles. The van der Waals surface area contributed by atoms with E-state index in [0.717, 1.165) is 35.5 Å². The molecule has 4 heteroatoms. The first-order valence-corrected chi connectivity index (χ1v) is 12.1. The minimum atomic E-state index is -0.250. The van der Waals surface area contributed by atoms with Gasteiger partial charge in [0.05, 0.1) is 11.8 Å². The van der Waals surface area contributed by atoms with Crippen molar-refractivity contribution in [3.05, 3.63) is 99.3 Å². The largest absolute Gasteiger partial charge is 0.372 e. The number of nitrogens with zero attached hydrogens (tertiary/aromatic N) is 2. The van der Waals surface area contributed by atoms with Crippen molar-refractivity contribution in [2.75, 3.05) is 18.5 Å². The van der Waals surface area contributed by atoms with Crippen LogP contribution < -0.4 is 4.90 Å². The van der Waals surface area contributed by atoms with E-state index in [2.05, 4.69) is 63.9 Å². The molecule has 0 spiro atoms. The SMILES string of the molecule is CC(C)c1ccc(C(C)C)c(CC2CN(C)c3ccc(Cl)cc3C(c3ccc(F)cc3)=N2)c1. The van der Waals surface area contributed by atoms with Gasteiger partial charge in [0.2, 0.25) is 0 Å². The molecule has 3 aromatic rings. The molecule has 2 nitrogen and oxygen atoms in total. The molecule has 0 bridgehead atoms. The summed E-state index contributed by atoms with van der Waals surface area (Å²) in [6.45, 7) is 9.76. The molecule has 1 unspecified atom stereocenters. The van der Waals surface area contributed by atoms with Crippen LogP contribution in [-0.2, 0) is 6.42 Å². The molecule has 0 radical (unpaired) electrons.